The van der Waals surface area contributed by atoms with Crippen LogP contribution in [-0.2, 0) is 6.54 Å². The molecule has 0 spiro atoms. The molecule has 9 heteroatoms. The Kier molecular flexibility index (Phi) is 5.88. The summed E-state index contributed by atoms with van der Waals surface area (Å²) in [6, 6.07) is 9.71. The number of aryl methyl sites for hydroxylation is 2. The van der Waals surface area contributed by atoms with Gasteiger partial charge in [-0.15, -0.1) is 11.3 Å². The van der Waals surface area contributed by atoms with E-state index in [0.717, 1.165) is 15.6 Å². The Hall–Kier alpha value is -2.71. The molecule has 3 rings (SSSR count). The van der Waals surface area contributed by atoms with Crippen LogP contribution in [0.15, 0.2) is 41.2 Å². The second kappa shape index (κ2) is 8.32. The molecule has 0 aliphatic heterocycles. The van der Waals surface area contributed by atoms with Crippen molar-refractivity contribution in [3.8, 4) is 10.6 Å². The molecule has 0 aliphatic carbocycles. The molecule has 2 amide bonds. The molecule has 2 aromatic heterocycles. The number of aromatic nitrogens is 3. The van der Waals surface area contributed by atoms with Crippen molar-refractivity contribution in [3.05, 3.63) is 62.5 Å². The molecule has 0 fully saturated rings. The molecule has 7 nitrogen and oxygen atoms in total. The number of amides is 2. The molecule has 0 atom stereocenters. The van der Waals surface area contributed by atoms with Gasteiger partial charge in [0.2, 0.25) is 0 Å². The summed E-state index contributed by atoms with van der Waals surface area (Å²) in [7, 11) is 0. The Bertz CT molecular complexity index is 1030. The van der Waals surface area contributed by atoms with Gasteiger partial charge in [-0.05, 0) is 32.0 Å². The van der Waals surface area contributed by atoms with E-state index in [1.165, 1.54) is 22.1 Å². The second-order valence-electron chi connectivity index (χ2n) is 5.79. The molecule has 0 unspecified atom stereocenters. The van der Waals surface area contributed by atoms with E-state index < -0.39 is 6.03 Å². The van der Waals surface area contributed by atoms with Crippen LogP contribution in [0, 0.1) is 13.8 Å². The van der Waals surface area contributed by atoms with Crippen LogP contribution in [-0.4, -0.2) is 27.3 Å². The van der Waals surface area contributed by atoms with E-state index in [9.17, 15) is 9.59 Å². The number of hydrogen-bond donors (Lipinski definition) is 2. The maximum atomic E-state index is 12.0. The Morgan fingerprint density at radius 3 is 2.70 bits per heavy atom. The third-order valence-electron chi connectivity index (χ3n) is 3.73. The van der Waals surface area contributed by atoms with Gasteiger partial charge in [-0.2, -0.15) is 5.10 Å². The number of para-hydroxylation sites is 1. The van der Waals surface area contributed by atoms with Gasteiger partial charge in [0, 0.05) is 12.6 Å². The van der Waals surface area contributed by atoms with E-state index >= 15 is 0 Å². The highest BCUT2D eigenvalue weighted by Crippen LogP contribution is 2.27. The number of halogens is 1. The summed E-state index contributed by atoms with van der Waals surface area (Å²) in [5.74, 6) is 0. The fraction of sp³-hybridized carbons (Fsp3) is 0.222. The van der Waals surface area contributed by atoms with Gasteiger partial charge in [0.1, 0.15) is 5.69 Å². The summed E-state index contributed by atoms with van der Waals surface area (Å²) in [5.41, 5.74) is 1.86. The molecule has 0 aliphatic rings. The van der Waals surface area contributed by atoms with E-state index in [4.69, 9.17) is 11.6 Å². The molecule has 140 valence electrons. The monoisotopic (exact) mass is 403 g/mol. The van der Waals surface area contributed by atoms with E-state index in [1.807, 2.05) is 13.8 Å². The van der Waals surface area contributed by atoms with E-state index in [-0.39, 0.29) is 18.6 Å². The Balaban J connectivity index is 1.63. The largest absolute Gasteiger partial charge is 0.336 e. The van der Waals surface area contributed by atoms with Gasteiger partial charge >= 0.3 is 6.03 Å². The number of nitrogens with one attached hydrogen (secondary N) is 2. The lowest BCUT2D eigenvalue weighted by molar-refractivity contribution is 0.251. The third-order valence-corrected chi connectivity index (χ3v) is 5.16. The van der Waals surface area contributed by atoms with Gasteiger partial charge in [-0.25, -0.2) is 14.5 Å². The number of thiazole rings is 1. The zero-order valence-corrected chi connectivity index (χ0v) is 16.4. The first kappa shape index (κ1) is 19.1. The third kappa shape index (κ3) is 4.72. The van der Waals surface area contributed by atoms with Crippen LogP contribution in [0.2, 0.25) is 5.02 Å². The van der Waals surface area contributed by atoms with E-state index in [2.05, 4.69) is 20.7 Å². The highest BCUT2D eigenvalue weighted by atomic mass is 35.5. The molecule has 2 heterocycles. The van der Waals surface area contributed by atoms with Gasteiger partial charge in [0.25, 0.3) is 5.56 Å². The molecular weight excluding hydrogens is 386 g/mol. The van der Waals surface area contributed by atoms with Gasteiger partial charge < -0.3 is 10.6 Å². The first-order valence-corrected chi connectivity index (χ1v) is 9.45. The standard InChI is InChI=1S/C18H18ClN5O2S/c1-11-17(27-12(2)21-11)15-7-8-16(25)24(23-15)10-9-20-18(26)22-14-6-4-3-5-13(14)19/h3-8H,9-10H2,1-2H3,(H2,20,22,26). The number of benzene rings is 1. The summed E-state index contributed by atoms with van der Waals surface area (Å²) in [6.07, 6.45) is 0. The van der Waals surface area contributed by atoms with Gasteiger partial charge in [-0.3, -0.25) is 4.79 Å². The molecule has 27 heavy (non-hydrogen) atoms. The number of carbonyl (C=O) groups is 1. The average Bonchev–Trinajstić information content (AvgIpc) is 2.97. The molecule has 0 bridgehead atoms. The summed E-state index contributed by atoms with van der Waals surface area (Å²) >= 11 is 7.54. The van der Waals surface area contributed by atoms with Crippen molar-refractivity contribution in [3.63, 3.8) is 0 Å². The minimum atomic E-state index is -0.402. The van der Waals surface area contributed by atoms with Crippen LogP contribution in [0.3, 0.4) is 0 Å². The highest BCUT2D eigenvalue weighted by Gasteiger charge is 2.11. The molecule has 0 radical (unpaired) electrons. The predicted molar refractivity (Wildman–Crippen MR) is 108 cm³/mol. The highest BCUT2D eigenvalue weighted by molar-refractivity contribution is 7.15. The smallest absolute Gasteiger partial charge is 0.319 e. The van der Waals surface area contributed by atoms with Crippen molar-refractivity contribution in [1.82, 2.24) is 20.1 Å². The van der Waals surface area contributed by atoms with Crippen molar-refractivity contribution in [1.29, 1.82) is 0 Å². The van der Waals surface area contributed by atoms with E-state index in [1.54, 1.807) is 30.3 Å². The lowest BCUT2D eigenvalue weighted by atomic mass is 10.3. The SMILES string of the molecule is Cc1nc(C)c(-c2ccc(=O)n(CCNC(=O)Nc3ccccc3Cl)n2)s1. The topological polar surface area (TPSA) is 88.9 Å². The van der Waals surface area contributed by atoms with Gasteiger partial charge in [0.15, 0.2) is 0 Å². The summed E-state index contributed by atoms with van der Waals surface area (Å²) in [5, 5.41) is 11.1. The number of hydrogen-bond acceptors (Lipinski definition) is 5. The Labute approximate surface area is 165 Å². The molecule has 0 saturated carbocycles. The minimum Gasteiger partial charge on any atom is -0.336 e. The normalized spacial score (nSPS) is 10.6. The van der Waals surface area contributed by atoms with Crippen LogP contribution in [0.1, 0.15) is 10.7 Å². The summed E-state index contributed by atoms with van der Waals surface area (Å²) in [6.45, 7) is 4.34. The van der Waals surface area contributed by atoms with Gasteiger partial charge in [0.05, 0.1) is 32.8 Å². The molecule has 1 aromatic carbocycles. The predicted octanol–water partition coefficient (Wildman–Crippen LogP) is 3.46. The Morgan fingerprint density at radius 1 is 1.22 bits per heavy atom. The first-order valence-electron chi connectivity index (χ1n) is 8.26. The second-order valence-corrected chi connectivity index (χ2v) is 7.40. The van der Waals surface area contributed by atoms with Crippen molar-refractivity contribution in [2.75, 3.05) is 11.9 Å². The van der Waals surface area contributed by atoms with Crippen LogP contribution in [0.5, 0.6) is 0 Å². The van der Waals surface area contributed by atoms with Crippen LogP contribution < -0.4 is 16.2 Å². The number of carbonyl (C=O) groups excluding carboxylic acids is 1. The number of rotatable bonds is 5. The molecule has 2 N–H and O–H groups in total. The van der Waals surface area contributed by atoms with E-state index in [0.29, 0.717) is 16.4 Å². The number of anilines is 1. The number of urea groups is 1. The lowest BCUT2D eigenvalue weighted by Gasteiger charge is -2.10. The fourth-order valence-corrected chi connectivity index (χ4v) is 3.57. The summed E-state index contributed by atoms with van der Waals surface area (Å²) in [4.78, 5) is 29.3. The molecule has 0 saturated heterocycles. The van der Waals surface area contributed by atoms with Crippen molar-refractivity contribution < 1.29 is 4.79 Å². The quantitative estimate of drug-likeness (QED) is 0.682. The minimum absolute atomic E-state index is 0.231. The maximum Gasteiger partial charge on any atom is 0.319 e. The van der Waals surface area contributed by atoms with Crippen molar-refractivity contribution in [2.45, 2.75) is 20.4 Å². The van der Waals surface area contributed by atoms with Crippen LogP contribution in [0.4, 0.5) is 10.5 Å². The van der Waals surface area contributed by atoms with Crippen molar-refractivity contribution >= 4 is 34.7 Å². The average molecular weight is 404 g/mol. The number of nitrogens with zero attached hydrogens (tertiary/aromatic N) is 3. The zero-order valence-electron chi connectivity index (χ0n) is 14.8. The first-order chi connectivity index (χ1) is 12.9. The Morgan fingerprint density at radius 2 is 2.00 bits per heavy atom. The molecular formula is C18H18ClN5O2S. The van der Waals surface area contributed by atoms with Crippen LogP contribution in [0.25, 0.3) is 10.6 Å². The summed E-state index contributed by atoms with van der Waals surface area (Å²) < 4.78 is 1.33. The van der Waals surface area contributed by atoms with Crippen molar-refractivity contribution in [2.24, 2.45) is 0 Å². The van der Waals surface area contributed by atoms with Crippen LogP contribution >= 0.6 is 22.9 Å². The maximum absolute atomic E-state index is 12.0. The fourth-order valence-electron chi connectivity index (χ4n) is 2.50. The molecule has 3 aromatic rings. The van der Waals surface area contributed by atoms with Gasteiger partial charge in [-0.1, -0.05) is 23.7 Å². The lowest BCUT2D eigenvalue weighted by Crippen LogP contribution is -2.34. The zero-order chi connectivity index (χ0) is 19.4.